The summed E-state index contributed by atoms with van der Waals surface area (Å²) in [6.07, 6.45) is 3.94. The lowest BCUT2D eigenvalue weighted by molar-refractivity contribution is 0.0951. The maximum Gasteiger partial charge on any atom is 0.185 e. The monoisotopic (exact) mass is 495 g/mol. The molecule has 1 saturated heterocycles. The van der Waals surface area contributed by atoms with Crippen LogP contribution in [0.1, 0.15) is 34.3 Å². The van der Waals surface area contributed by atoms with Crippen molar-refractivity contribution in [1.29, 1.82) is 10.5 Å². The second kappa shape index (κ2) is 9.21. The topological polar surface area (TPSA) is 77.1 Å². The van der Waals surface area contributed by atoms with E-state index in [1.807, 2.05) is 90.7 Å². The van der Waals surface area contributed by atoms with Gasteiger partial charge < -0.3 is 9.64 Å². The van der Waals surface area contributed by atoms with Gasteiger partial charge in [-0.3, -0.25) is 4.79 Å². The molecule has 0 aliphatic carbocycles. The molecule has 5 nitrogen and oxygen atoms in total. The Labute approximate surface area is 221 Å². The first-order valence-corrected chi connectivity index (χ1v) is 12.8. The van der Waals surface area contributed by atoms with Gasteiger partial charge in [-0.2, -0.15) is 10.5 Å². The van der Waals surface area contributed by atoms with Gasteiger partial charge in [0, 0.05) is 22.7 Å². The molecule has 3 atom stereocenters. The summed E-state index contributed by atoms with van der Waals surface area (Å²) in [5.74, 6) is -0.0987. The van der Waals surface area contributed by atoms with Crippen molar-refractivity contribution >= 4 is 28.3 Å². The number of carbonyl (C=O) groups excluding carboxylic acids is 1. The Morgan fingerprint density at radius 2 is 1.63 bits per heavy atom. The van der Waals surface area contributed by atoms with Gasteiger partial charge in [0.15, 0.2) is 11.2 Å². The molecule has 2 heterocycles. The molecular weight excluding hydrogens is 470 g/mol. The third-order valence-corrected chi connectivity index (χ3v) is 7.79. The van der Waals surface area contributed by atoms with Crippen LogP contribution < -0.4 is 9.64 Å². The molecule has 184 valence electrons. The van der Waals surface area contributed by atoms with Crippen LogP contribution in [0.2, 0.25) is 0 Å². The number of ether oxygens (including phenoxy) is 1. The minimum Gasteiger partial charge on any atom is -0.494 e. The maximum atomic E-state index is 14.3. The quantitative estimate of drug-likeness (QED) is 0.295. The van der Waals surface area contributed by atoms with Crippen LogP contribution in [0, 0.1) is 28.1 Å². The van der Waals surface area contributed by atoms with Gasteiger partial charge in [-0.05, 0) is 41.5 Å². The van der Waals surface area contributed by atoms with E-state index in [1.165, 1.54) is 0 Å². The number of hydrogen-bond donors (Lipinski definition) is 0. The van der Waals surface area contributed by atoms with Gasteiger partial charge in [0.1, 0.15) is 11.8 Å². The summed E-state index contributed by atoms with van der Waals surface area (Å²) in [7, 11) is 0. The van der Waals surface area contributed by atoms with Crippen molar-refractivity contribution in [3.8, 4) is 17.9 Å². The van der Waals surface area contributed by atoms with E-state index in [0.29, 0.717) is 17.9 Å². The molecule has 0 radical (unpaired) electrons. The summed E-state index contributed by atoms with van der Waals surface area (Å²) < 4.78 is 5.64. The number of fused-ring (bicyclic) bond motifs is 5. The van der Waals surface area contributed by atoms with Crippen LogP contribution in [0.5, 0.6) is 5.75 Å². The van der Waals surface area contributed by atoms with Gasteiger partial charge in [0.05, 0.1) is 24.8 Å². The average Bonchev–Trinajstić information content (AvgIpc) is 3.28. The fourth-order valence-electron chi connectivity index (χ4n) is 6.13. The molecule has 4 aromatic rings. The Kier molecular flexibility index (Phi) is 5.70. The van der Waals surface area contributed by atoms with Crippen molar-refractivity contribution in [3.63, 3.8) is 0 Å². The van der Waals surface area contributed by atoms with E-state index in [9.17, 15) is 15.3 Å². The summed E-state index contributed by atoms with van der Waals surface area (Å²) in [5.41, 5.74) is 1.67. The molecule has 0 N–H and O–H groups in total. The van der Waals surface area contributed by atoms with E-state index in [-0.39, 0.29) is 5.78 Å². The van der Waals surface area contributed by atoms with Crippen molar-refractivity contribution in [2.45, 2.75) is 24.9 Å². The van der Waals surface area contributed by atoms with E-state index >= 15 is 0 Å². The molecule has 3 unspecified atom stereocenters. The highest BCUT2D eigenvalue weighted by molar-refractivity contribution is 6.06. The Bertz CT molecular complexity index is 1630. The summed E-state index contributed by atoms with van der Waals surface area (Å²) in [5, 5.41) is 23.5. The van der Waals surface area contributed by atoms with Gasteiger partial charge in [0.2, 0.25) is 0 Å². The highest BCUT2D eigenvalue weighted by atomic mass is 16.5. The lowest BCUT2D eigenvalue weighted by Gasteiger charge is -2.36. The molecule has 4 aromatic carbocycles. The Morgan fingerprint density at radius 3 is 2.34 bits per heavy atom. The first kappa shape index (κ1) is 23.5. The van der Waals surface area contributed by atoms with E-state index < -0.39 is 23.4 Å². The maximum absolute atomic E-state index is 14.3. The molecule has 0 aromatic heterocycles. The third-order valence-electron chi connectivity index (χ3n) is 7.79. The summed E-state index contributed by atoms with van der Waals surface area (Å²) in [6.45, 7) is 2.45. The SMILES string of the molecule is CCOc1ccc(C2C(C(=O)c3ccccc3)N3c4ccc5ccccc5c4C=CC3C2(C#N)C#N)cc1. The summed E-state index contributed by atoms with van der Waals surface area (Å²) >= 11 is 0. The minimum atomic E-state index is -1.48. The first-order chi connectivity index (χ1) is 18.6. The van der Waals surface area contributed by atoms with E-state index in [0.717, 1.165) is 27.6 Å². The van der Waals surface area contributed by atoms with Crippen molar-refractivity contribution in [1.82, 2.24) is 0 Å². The number of carbonyl (C=O) groups is 1. The van der Waals surface area contributed by atoms with Crippen molar-refractivity contribution in [2.75, 3.05) is 11.5 Å². The molecule has 0 bridgehead atoms. The van der Waals surface area contributed by atoms with Crippen LogP contribution in [-0.4, -0.2) is 24.5 Å². The smallest absolute Gasteiger partial charge is 0.185 e. The molecule has 0 saturated carbocycles. The normalized spacial score (nSPS) is 20.7. The highest BCUT2D eigenvalue weighted by Gasteiger charge is 2.63. The van der Waals surface area contributed by atoms with Crippen LogP contribution in [0.15, 0.2) is 97.1 Å². The molecular formula is C33H25N3O2. The van der Waals surface area contributed by atoms with Gasteiger partial charge >= 0.3 is 0 Å². The zero-order chi connectivity index (χ0) is 26.3. The number of hydrogen-bond acceptors (Lipinski definition) is 5. The van der Waals surface area contributed by atoms with Crippen LogP contribution >= 0.6 is 0 Å². The average molecular weight is 496 g/mol. The summed E-state index contributed by atoms with van der Waals surface area (Å²) in [6, 6.07) is 32.2. The van der Waals surface area contributed by atoms with Crippen LogP contribution in [-0.2, 0) is 0 Å². The van der Waals surface area contributed by atoms with Gasteiger partial charge in [-0.25, -0.2) is 0 Å². The fourth-order valence-corrected chi connectivity index (χ4v) is 6.13. The lowest BCUT2D eigenvalue weighted by Crippen LogP contribution is -2.44. The van der Waals surface area contributed by atoms with Gasteiger partial charge in [-0.1, -0.05) is 84.9 Å². The zero-order valence-electron chi connectivity index (χ0n) is 20.9. The molecule has 0 amide bonds. The second-order valence-electron chi connectivity index (χ2n) is 9.68. The molecule has 5 heteroatoms. The van der Waals surface area contributed by atoms with Gasteiger partial charge in [0.25, 0.3) is 0 Å². The van der Waals surface area contributed by atoms with Crippen LogP contribution in [0.3, 0.4) is 0 Å². The Morgan fingerprint density at radius 1 is 0.921 bits per heavy atom. The Hall–Kier alpha value is -4.87. The number of anilines is 1. The standard InChI is InChI=1S/C33H25N3O2/c1-2-38-25-15-12-23(13-16-25)30-31(32(37)24-9-4-3-5-10-24)36-28-18-14-22-8-6-7-11-26(22)27(28)17-19-29(36)33(30,20-34)21-35/h3-19,29-31H,2H2,1H3. The van der Waals surface area contributed by atoms with E-state index in [4.69, 9.17) is 4.74 Å². The Balaban J connectivity index is 1.61. The zero-order valence-corrected chi connectivity index (χ0v) is 20.9. The number of nitriles is 2. The molecule has 2 aliphatic heterocycles. The number of rotatable bonds is 5. The lowest BCUT2D eigenvalue weighted by atomic mass is 9.69. The number of nitrogens with zero attached hydrogens (tertiary/aromatic N) is 3. The van der Waals surface area contributed by atoms with Gasteiger partial charge in [-0.15, -0.1) is 0 Å². The second-order valence-corrected chi connectivity index (χ2v) is 9.68. The number of benzene rings is 4. The third kappa shape index (κ3) is 3.40. The molecule has 0 spiro atoms. The molecule has 2 aliphatic rings. The highest BCUT2D eigenvalue weighted by Crippen LogP contribution is 2.56. The number of ketones is 1. The van der Waals surface area contributed by atoms with Crippen LogP contribution in [0.4, 0.5) is 5.69 Å². The summed E-state index contributed by atoms with van der Waals surface area (Å²) in [4.78, 5) is 16.4. The number of Topliss-reactive ketones (excluding diaryl/α,β-unsaturated/α-hetero) is 1. The molecule has 1 fully saturated rings. The van der Waals surface area contributed by atoms with E-state index in [1.54, 1.807) is 12.1 Å². The van der Waals surface area contributed by atoms with Crippen molar-refractivity contribution in [2.24, 2.45) is 5.41 Å². The molecule has 6 rings (SSSR count). The van der Waals surface area contributed by atoms with E-state index in [2.05, 4.69) is 24.3 Å². The predicted octanol–water partition coefficient (Wildman–Crippen LogP) is 6.52. The largest absolute Gasteiger partial charge is 0.494 e. The minimum absolute atomic E-state index is 0.115. The first-order valence-electron chi connectivity index (χ1n) is 12.8. The van der Waals surface area contributed by atoms with Crippen molar-refractivity contribution < 1.29 is 9.53 Å². The molecule has 38 heavy (non-hydrogen) atoms. The predicted molar refractivity (Wildman–Crippen MR) is 148 cm³/mol. The van der Waals surface area contributed by atoms with Crippen molar-refractivity contribution in [3.05, 3.63) is 114 Å². The van der Waals surface area contributed by atoms with Crippen LogP contribution in [0.25, 0.3) is 16.8 Å². The fraction of sp³-hybridized carbons (Fsp3) is 0.182.